The van der Waals surface area contributed by atoms with E-state index in [0.717, 1.165) is 10.9 Å². The van der Waals surface area contributed by atoms with E-state index in [-0.39, 0.29) is 12.5 Å². The lowest BCUT2D eigenvalue weighted by Gasteiger charge is -2.23. The molecule has 1 unspecified atom stereocenters. The molecule has 100 valence electrons. The van der Waals surface area contributed by atoms with Crippen LogP contribution in [-0.4, -0.2) is 30.1 Å². The van der Waals surface area contributed by atoms with E-state index in [1.165, 1.54) is 10.9 Å². The number of fused-ring (bicyclic) bond motifs is 1. The molecule has 0 fully saturated rings. The van der Waals surface area contributed by atoms with Crippen molar-refractivity contribution in [2.45, 2.75) is 19.4 Å². The zero-order valence-electron chi connectivity index (χ0n) is 11.6. The van der Waals surface area contributed by atoms with Gasteiger partial charge in [-0.15, -0.1) is 0 Å². The number of carbonyl (C=O) groups is 1. The van der Waals surface area contributed by atoms with Crippen molar-refractivity contribution in [3.8, 4) is 0 Å². The van der Waals surface area contributed by atoms with Gasteiger partial charge < -0.3 is 10.0 Å². The third kappa shape index (κ3) is 3.12. The van der Waals surface area contributed by atoms with Gasteiger partial charge in [-0.2, -0.15) is 0 Å². The van der Waals surface area contributed by atoms with Crippen molar-refractivity contribution in [2.75, 3.05) is 14.1 Å². The van der Waals surface area contributed by atoms with Gasteiger partial charge in [0.2, 0.25) is 0 Å². The van der Waals surface area contributed by atoms with Crippen molar-refractivity contribution in [3.63, 3.8) is 0 Å². The number of benzene rings is 2. The van der Waals surface area contributed by atoms with Crippen LogP contribution in [0.1, 0.15) is 23.6 Å². The molecular weight excluding hydrogens is 238 g/mol. The zero-order valence-corrected chi connectivity index (χ0v) is 11.6. The summed E-state index contributed by atoms with van der Waals surface area (Å²) >= 11 is 0. The van der Waals surface area contributed by atoms with E-state index in [9.17, 15) is 4.79 Å². The van der Waals surface area contributed by atoms with Gasteiger partial charge in [0.25, 0.3) is 0 Å². The number of carboxylic acid groups (broad SMARTS) is 1. The summed E-state index contributed by atoms with van der Waals surface area (Å²) in [5, 5.41) is 11.4. The summed E-state index contributed by atoms with van der Waals surface area (Å²) in [4.78, 5) is 12.9. The normalized spacial score (nSPS) is 12.8. The molecule has 2 aromatic rings. The first-order valence-electron chi connectivity index (χ1n) is 6.36. The molecule has 2 aromatic carbocycles. The Morgan fingerprint density at radius 2 is 1.79 bits per heavy atom. The van der Waals surface area contributed by atoms with E-state index in [1.807, 2.05) is 25.1 Å². The predicted molar refractivity (Wildman–Crippen MR) is 77.4 cm³/mol. The molecule has 0 saturated heterocycles. The van der Waals surface area contributed by atoms with Crippen LogP contribution in [0, 0.1) is 6.92 Å². The van der Waals surface area contributed by atoms with Crippen LogP contribution >= 0.6 is 0 Å². The van der Waals surface area contributed by atoms with E-state index < -0.39 is 5.97 Å². The maximum atomic E-state index is 11.0. The highest BCUT2D eigenvalue weighted by atomic mass is 16.4. The van der Waals surface area contributed by atoms with E-state index in [2.05, 4.69) is 37.3 Å². The van der Waals surface area contributed by atoms with Crippen molar-refractivity contribution in [1.82, 2.24) is 4.90 Å². The molecule has 1 N–H and O–H groups in total. The van der Waals surface area contributed by atoms with E-state index in [4.69, 9.17) is 5.11 Å². The number of hydrogen-bond donors (Lipinski definition) is 1. The number of aliphatic carboxylic acids is 1. The Morgan fingerprint density at radius 3 is 2.42 bits per heavy atom. The second-order valence-electron chi connectivity index (χ2n) is 5.19. The SMILES string of the molecule is Cc1ccc2cc(C(CC(=O)O)N(C)C)ccc2c1. The monoisotopic (exact) mass is 257 g/mol. The van der Waals surface area contributed by atoms with Crippen LogP contribution < -0.4 is 0 Å². The van der Waals surface area contributed by atoms with Crippen molar-refractivity contribution < 1.29 is 9.90 Å². The van der Waals surface area contributed by atoms with E-state index in [1.54, 1.807) is 0 Å². The zero-order chi connectivity index (χ0) is 14.0. The third-order valence-electron chi connectivity index (χ3n) is 3.40. The second-order valence-corrected chi connectivity index (χ2v) is 5.19. The van der Waals surface area contributed by atoms with Crippen LogP contribution in [0.2, 0.25) is 0 Å². The van der Waals surface area contributed by atoms with Gasteiger partial charge in [-0.05, 0) is 43.4 Å². The van der Waals surface area contributed by atoms with Gasteiger partial charge in [0.15, 0.2) is 0 Å². The van der Waals surface area contributed by atoms with Crippen LogP contribution in [0.3, 0.4) is 0 Å². The maximum absolute atomic E-state index is 11.0. The molecule has 0 heterocycles. The van der Waals surface area contributed by atoms with Gasteiger partial charge in [-0.25, -0.2) is 0 Å². The summed E-state index contributed by atoms with van der Waals surface area (Å²) in [7, 11) is 3.82. The molecule has 0 amide bonds. The topological polar surface area (TPSA) is 40.5 Å². The van der Waals surface area contributed by atoms with Crippen molar-refractivity contribution in [1.29, 1.82) is 0 Å². The minimum atomic E-state index is -0.775. The first kappa shape index (κ1) is 13.6. The Balaban J connectivity index is 2.43. The molecular formula is C16H19NO2. The average molecular weight is 257 g/mol. The Morgan fingerprint density at radius 1 is 1.16 bits per heavy atom. The lowest BCUT2D eigenvalue weighted by molar-refractivity contribution is -0.138. The first-order valence-corrected chi connectivity index (χ1v) is 6.36. The highest BCUT2D eigenvalue weighted by Crippen LogP contribution is 2.26. The van der Waals surface area contributed by atoms with Crippen LogP contribution in [0.5, 0.6) is 0 Å². The Kier molecular flexibility index (Phi) is 3.86. The molecule has 0 aliphatic heterocycles. The molecule has 0 saturated carbocycles. The molecule has 0 bridgehead atoms. The highest BCUT2D eigenvalue weighted by Gasteiger charge is 2.17. The summed E-state index contributed by atoms with van der Waals surface area (Å²) in [6, 6.07) is 12.4. The Bertz CT molecular complexity index is 605. The Labute approximate surface area is 113 Å². The standard InChI is InChI=1S/C16H19NO2/c1-11-4-5-13-9-14(7-6-12(13)8-11)15(17(2)3)10-16(18)19/h4-9,15H,10H2,1-3H3,(H,18,19). The predicted octanol–water partition coefficient (Wildman–Crippen LogP) is 3.23. The van der Waals surface area contributed by atoms with Gasteiger partial charge in [-0.1, -0.05) is 35.9 Å². The van der Waals surface area contributed by atoms with E-state index >= 15 is 0 Å². The van der Waals surface area contributed by atoms with Gasteiger partial charge in [0.1, 0.15) is 0 Å². The van der Waals surface area contributed by atoms with Crippen molar-refractivity contribution in [3.05, 3.63) is 47.5 Å². The van der Waals surface area contributed by atoms with Crippen LogP contribution in [0.4, 0.5) is 0 Å². The molecule has 0 radical (unpaired) electrons. The minimum Gasteiger partial charge on any atom is -0.481 e. The van der Waals surface area contributed by atoms with Gasteiger partial charge in [0.05, 0.1) is 6.42 Å². The molecule has 0 aromatic heterocycles. The molecule has 0 aliphatic rings. The average Bonchev–Trinajstić information content (AvgIpc) is 2.35. The Hall–Kier alpha value is -1.87. The fourth-order valence-electron chi connectivity index (χ4n) is 2.35. The summed E-state index contributed by atoms with van der Waals surface area (Å²) < 4.78 is 0. The summed E-state index contributed by atoms with van der Waals surface area (Å²) in [6.45, 7) is 2.07. The fourth-order valence-corrected chi connectivity index (χ4v) is 2.35. The van der Waals surface area contributed by atoms with E-state index in [0.29, 0.717) is 0 Å². The molecule has 3 nitrogen and oxygen atoms in total. The molecule has 3 heteroatoms. The summed E-state index contributed by atoms with van der Waals surface area (Å²) in [5.41, 5.74) is 2.28. The second kappa shape index (κ2) is 5.41. The summed E-state index contributed by atoms with van der Waals surface area (Å²) in [5.74, 6) is -0.775. The number of hydrogen-bond acceptors (Lipinski definition) is 2. The molecule has 2 rings (SSSR count). The quantitative estimate of drug-likeness (QED) is 0.914. The van der Waals surface area contributed by atoms with Crippen LogP contribution in [-0.2, 0) is 4.79 Å². The number of aryl methyl sites for hydroxylation is 1. The van der Waals surface area contributed by atoms with Gasteiger partial charge in [-0.3, -0.25) is 4.79 Å². The lowest BCUT2D eigenvalue weighted by Crippen LogP contribution is -2.22. The van der Waals surface area contributed by atoms with Crippen molar-refractivity contribution >= 4 is 16.7 Å². The fraction of sp³-hybridized carbons (Fsp3) is 0.312. The van der Waals surface area contributed by atoms with Crippen molar-refractivity contribution in [2.24, 2.45) is 0 Å². The summed E-state index contributed by atoms with van der Waals surface area (Å²) in [6.07, 6.45) is 0.115. The van der Waals surface area contributed by atoms with Crippen LogP contribution in [0.25, 0.3) is 10.8 Å². The largest absolute Gasteiger partial charge is 0.481 e. The smallest absolute Gasteiger partial charge is 0.305 e. The lowest BCUT2D eigenvalue weighted by atomic mass is 9.98. The third-order valence-corrected chi connectivity index (χ3v) is 3.40. The maximum Gasteiger partial charge on any atom is 0.305 e. The highest BCUT2D eigenvalue weighted by molar-refractivity contribution is 5.84. The van der Waals surface area contributed by atoms with Crippen LogP contribution in [0.15, 0.2) is 36.4 Å². The first-order chi connectivity index (χ1) is 8.97. The number of nitrogens with zero attached hydrogens (tertiary/aromatic N) is 1. The number of rotatable bonds is 4. The van der Waals surface area contributed by atoms with Gasteiger partial charge >= 0.3 is 5.97 Å². The minimum absolute atomic E-state index is 0.0943. The molecule has 1 atom stereocenters. The molecule has 0 aliphatic carbocycles. The number of carboxylic acids is 1. The molecule has 0 spiro atoms. The van der Waals surface area contributed by atoms with Gasteiger partial charge in [0, 0.05) is 6.04 Å². The molecule has 19 heavy (non-hydrogen) atoms.